The molecule has 0 heterocycles. The zero-order valence-electron chi connectivity index (χ0n) is 10.2. The van der Waals surface area contributed by atoms with Crippen molar-refractivity contribution in [1.29, 1.82) is 5.26 Å². The van der Waals surface area contributed by atoms with Gasteiger partial charge >= 0.3 is 5.97 Å². The number of ether oxygens (including phenoxy) is 1. The van der Waals surface area contributed by atoms with Crippen LogP contribution in [-0.4, -0.2) is 12.6 Å². The van der Waals surface area contributed by atoms with Crippen molar-refractivity contribution in [2.24, 2.45) is 5.41 Å². The van der Waals surface area contributed by atoms with E-state index in [0.29, 0.717) is 0 Å². The van der Waals surface area contributed by atoms with Gasteiger partial charge in [0.2, 0.25) is 0 Å². The summed E-state index contributed by atoms with van der Waals surface area (Å²) in [6, 6.07) is 2.07. The maximum atomic E-state index is 11.9. The largest absolute Gasteiger partial charge is 0.465 e. The van der Waals surface area contributed by atoms with Crippen LogP contribution in [0.1, 0.15) is 33.6 Å². The molecule has 1 atom stereocenters. The van der Waals surface area contributed by atoms with Crippen molar-refractivity contribution in [3.05, 3.63) is 24.3 Å². The highest BCUT2D eigenvalue weighted by atomic mass is 16.5. The van der Waals surface area contributed by atoms with E-state index in [1.807, 2.05) is 13.0 Å². The molecule has 88 valence electrons. The van der Waals surface area contributed by atoms with Crippen LogP contribution >= 0.6 is 0 Å². The number of nitriles is 1. The Morgan fingerprint density at radius 2 is 2.19 bits per heavy atom. The van der Waals surface area contributed by atoms with Crippen molar-refractivity contribution in [3.8, 4) is 6.07 Å². The van der Waals surface area contributed by atoms with Crippen molar-refractivity contribution in [1.82, 2.24) is 0 Å². The highest BCUT2D eigenvalue weighted by Crippen LogP contribution is 2.33. The maximum Gasteiger partial charge on any atom is 0.331 e. The van der Waals surface area contributed by atoms with Gasteiger partial charge in [0.1, 0.15) is 0 Å². The molecule has 0 fully saturated rings. The van der Waals surface area contributed by atoms with Gasteiger partial charge in [-0.15, -0.1) is 6.58 Å². The number of carbonyl (C=O) groups excluding carboxylic acids is 1. The van der Waals surface area contributed by atoms with Gasteiger partial charge in [0.15, 0.2) is 5.41 Å². The third kappa shape index (κ3) is 2.96. The minimum absolute atomic E-state index is 0.277. The van der Waals surface area contributed by atoms with E-state index in [0.717, 1.165) is 12.0 Å². The van der Waals surface area contributed by atoms with Crippen molar-refractivity contribution < 1.29 is 9.53 Å². The number of allylic oxidation sites excluding steroid dienone is 2. The molecule has 0 amide bonds. The Balaban J connectivity index is 5.32. The predicted molar refractivity (Wildman–Crippen MR) is 63.5 cm³/mol. The Morgan fingerprint density at radius 3 is 2.56 bits per heavy atom. The lowest BCUT2D eigenvalue weighted by Crippen LogP contribution is -2.32. The molecule has 0 unspecified atom stereocenters. The predicted octanol–water partition coefficient (Wildman–Crippen LogP) is 2.99. The fourth-order valence-electron chi connectivity index (χ4n) is 1.54. The molecule has 0 aliphatic heterocycles. The average molecular weight is 221 g/mol. The van der Waals surface area contributed by atoms with Crippen molar-refractivity contribution in [2.45, 2.75) is 33.6 Å². The SMILES string of the molecule is C=CC[C@](C#N)(C(=O)OCC)/C(C)=C\CC. The smallest absolute Gasteiger partial charge is 0.331 e. The van der Waals surface area contributed by atoms with Gasteiger partial charge < -0.3 is 4.74 Å². The first kappa shape index (κ1) is 14.4. The first-order valence-corrected chi connectivity index (χ1v) is 5.45. The highest BCUT2D eigenvalue weighted by molar-refractivity contribution is 5.84. The quantitative estimate of drug-likeness (QED) is 0.511. The van der Waals surface area contributed by atoms with E-state index < -0.39 is 11.4 Å². The van der Waals surface area contributed by atoms with Crippen LogP contribution in [0.4, 0.5) is 0 Å². The number of nitrogens with zero attached hydrogens (tertiary/aromatic N) is 1. The molecule has 0 N–H and O–H groups in total. The van der Waals surface area contributed by atoms with E-state index in [-0.39, 0.29) is 13.0 Å². The van der Waals surface area contributed by atoms with Crippen LogP contribution < -0.4 is 0 Å². The maximum absolute atomic E-state index is 11.9. The van der Waals surface area contributed by atoms with Gasteiger partial charge in [-0.05, 0) is 32.3 Å². The molecule has 0 saturated carbocycles. The Morgan fingerprint density at radius 1 is 1.56 bits per heavy atom. The normalized spacial score (nSPS) is 14.8. The van der Waals surface area contributed by atoms with E-state index in [1.54, 1.807) is 19.9 Å². The Labute approximate surface area is 97.4 Å². The molecule has 0 rings (SSSR count). The van der Waals surface area contributed by atoms with Gasteiger partial charge in [-0.3, -0.25) is 0 Å². The monoisotopic (exact) mass is 221 g/mol. The topological polar surface area (TPSA) is 50.1 Å². The molecular weight excluding hydrogens is 202 g/mol. The van der Waals surface area contributed by atoms with Crippen LogP contribution in [0.15, 0.2) is 24.3 Å². The van der Waals surface area contributed by atoms with Crippen LogP contribution in [0.25, 0.3) is 0 Å². The van der Waals surface area contributed by atoms with Crippen LogP contribution in [0.2, 0.25) is 0 Å². The zero-order chi connectivity index (χ0) is 12.6. The van der Waals surface area contributed by atoms with E-state index in [4.69, 9.17) is 4.74 Å². The number of esters is 1. The zero-order valence-corrected chi connectivity index (χ0v) is 10.2. The van der Waals surface area contributed by atoms with Crippen molar-refractivity contribution >= 4 is 5.97 Å². The van der Waals surface area contributed by atoms with E-state index in [9.17, 15) is 10.1 Å². The molecule has 0 spiro atoms. The molecule has 0 aromatic rings. The summed E-state index contributed by atoms with van der Waals surface area (Å²) < 4.78 is 4.97. The lowest BCUT2D eigenvalue weighted by Gasteiger charge is -2.24. The average Bonchev–Trinajstić information content (AvgIpc) is 2.26. The Bertz CT molecular complexity index is 325. The van der Waals surface area contributed by atoms with E-state index in [2.05, 4.69) is 12.6 Å². The molecule has 0 radical (unpaired) electrons. The molecular formula is C13H19NO2. The first-order chi connectivity index (χ1) is 7.58. The first-order valence-electron chi connectivity index (χ1n) is 5.45. The lowest BCUT2D eigenvalue weighted by molar-refractivity contribution is -0.149. The van der Waals surface area contributed by atoms with Crippen molar-refractivity contribution in [2.75, 3.05) is 6.61 Å². The second-order valence-corrected chi connectivity index (χ2v) is 3.53. The number of hydrogen-bond donors (Lipinski definition) is 0. The molecule has 0 aliphatic carbocycles. The molecule has 0 bridgehead atoms. The number of hydrogen-bond acceptors (Lipinski definition) is 3. The molecule has 3 heteroatoms. The summed E-state index contributed by atoms with van der Waals surface area (Å²) in [5, 5.41) is 9.26. The van der Waals surface area contributed by atoms with Gasteiger partial charge in [0, 0.05) is 0 Å². The molecule has 3 nitrogen and oxygen atoms in total. The Hall–Kier alpha value is -1.56. The van der Waals surface area contributed by atoms with Crippen LogP contribution in [-0.2, 0) is 9.53 Å². The summed E-state index contributed by atoms with van der Waals surface area (Å²) >= 11 is 0. The number of rotatable bonds is 6. The molecule has 0 aromatic heterocycles. The van der Waals surface area contributed by atoms with Gasteiger partial charge in [0.05, 0.1) is 12.7 Å². The lowest BCUT2D eigenvalue weighted by atomic mass is 9.78. The molecule has 0 aliphatic rings. The van der Waals surface area contributed by atoms with Gasteiger partial charge in [-0.25, -0.2) is 4.79 Å². The molecule has 0 aromatic carbocycles. The number of carbonyl (C=O) groups is 1. The summed E-state index contributed by atoms with van der Waals surface area (Å²) in [6.45, 7) is 9.35. The molecule has 16 heavy (non-hydrogen) atoms. The minimum atomic E-state index is -1.20. The second kappa shape index (κ2) is 6.84. The summed E-state index contributed by atoms with van der Waals surface area (Å²) in [6.07, 6.45) is 4.52. The van der Waals surface area contributed by atoms with Crippen molar-refractivity contribution in [3.63, 3.8) is 0 Å². The minimum Gasteiger partial charge on any atom is -0.465 e. The summed E-state index contributed by atoms with van der Waals surface area (Å²) in [5.41, 5.74) is -0.468. The third-order valence-electron chi connectivity index (χ3n) is 2.45. The van der Waals surface area contributed by atoms with Gasteiger partial charge in [-0.1, -0.05) is 19.1 Å². The van der Waals surface area contributed by atoms with Crippen LogP contribution in [0.3, 0.4) is 0 Å². The van der Waals surface area contributed by atoms with E-state index >= 15 is 0 Å². The fraction of sp³-hybridized carbons (Fsp3) is 0.538. The van der Waals surface area contributed by atoms with Gasteiger partial charge in [0.25, 0.3) is 0 Å². The Kier molecular flexibility index (Phi) is 6.17. The summed E-state index contributed by atoms with van der Waals surface area (Å²) in [5.74, 6) is -0.486. The second-order valence-electron chi connectivity index (χ2n) is 3.53. The van der Waals surface area contributed by atoms with Crippen LogP contribution in [0, 0.1) is 16.7 Å². The summed E-state index contributed by atoms with van der Waals surface area (Å²) in [4.78, 5) is 11.9. The fourth-order valence-corrected chi connectivity index (χ4v) is 1.54. The standard InChI is InChI=1S/C13H19NO2/c1-5-8-11(4)13(10-14,9-6-2)12(15)16-7-3/h6,8H,2,5,7,9H2,1,3-4H3/b11-8-/t13-/m1/s1. The third-order valence-corrected chi connectivity index (χ3v) is 2.45. The van der Waals surface area contributed by atoms with Crippen LogP contribution in [0.5, 0.6) is 0 Å². The highest BCUT2D eigenvalue weighted by Gasteiger charge is 2.40. The molecule has 0 saturated heterocycles. The summed E-state index contributed by atoms with van der Waals surface area (Å²) in [7, 11) is 0. The van der Waals surface area contributed by atoms with Gasteiger partial charge in [-0.2, -0.15) is 5.26 Å². The van der Waals surface area contributed by atoms with E-state index in [1.165, 1.54) is 0 Å².